The maximum atomic E-state index is 12.5. The molecule has 27 heavy (non-hydrogen) atoms. The smallest absolute Gasteiger partial charge is 0.339 e. The summed E-state index contributed by atoms with van der Waals surface area (Å²) in [6, 6.07) is 5.26. The van der Waals surface area contributed by atoms with Crippen molar-refractivity contribution in [3.63, 3.8) is 0 Å². The van der Waals surface area contributed by atoms with Crippen LogP contribution < -0.4 is 5.32 Å². The van der Waals surface area contributed by atoms with E-state index in [0.717, 1.165) is 10.2 Å². The molecule has 0 fully saturated rings. The molecule has 0 aliphatic heterocycles. The Labute approximate surface area is 163 Å². The fraction of sp³-hybridized carbons (Fsp3) is 0.222. The first-order chi connectivity index (χ1) is 12.8. The molecule has 3 aromatic rings. The van der Waals surface area contributed by atoms with Gasteiger partial charge in [0.15, 0.2) is 10.3 Å². The number of nitrogens with one attached hydrogen (secondary N) is 2. The molecule has 0 saturated heterocycles. The average Bonchev–Trinajstić information content (AvgIpc) is 3.12. The van der Waals surface area contributed by atoms with Crippen LogP contribution in [0.25, 0.3) is 10.2 Å². The highest BCUT2D eigenvalue weighted by molar-refractivity contribution is 7.22. The zero-order valence-corrected chi connectivity index (χ0v) is 16.4. The molecule has 2 heterocycles. The van der Waals surface area contributed by atoms with E-state index in [1.165, 1.54) is 25.4 Å². The lowest BCUT2D eigenvalue weighted by molar-refractivity contribution is -0.115. The number of halogens is 1. The molecule has 1 amide bonds. The predicted molar refractivity (Wildman–Crippen MR) is 104 cm³/mol. The molecule has 0 radical (unpaired) electrons. The number of hydrogen-bond acceptors (Lipinski definition) is 6. The van der Waals surface area contributed by atoms with Gasteiger partial charge >= 0.3 is 5.97 Å². The van der Waals surface area contributed by atoms with Gasteiger partial charge in [-0.2, -0.15) is 0 Å². The average molecular weight is 406 g/mol. The summed E-state index contributed by atoms with van der Waals surface area (Å²) in [6.45, 7) is 3.03. The van der Waals surface area contributed by atoms with Crippen molar-refractivity contribution in [3.8, 4) is 0 Å². The van der Waals surface area contributed by atoms with Crippen LogP contribution in [0.4, 0.5) is 5.69 Å². The number of anilines is 1. The first kappa shape index (κ1) is 19.1. The molecule has 0 aliphatic carbocycles. The van der Waals surface area contributed by atoms with Gasteiger partial charge < -0.3 is 15.0 Å². The van der Waals surface area contributed by atoms with Crippen LogP contribution in [0.15, 0.2) is 18.2 Å². The van der Waals surface area contributed by atoms with E-state index < -0.39 is 5.97 Å². The van der Waals surface area contributed by atoms with E-state index in [0.29, 0.717) is 27.1 Å². The molecule has 1 aromatic carbocycles. The summed E-state index contributed by atoms with van der Waals surface area (Å²) in [4.78, 5) is 43.3. The number of fused-ring (bicyclic) bond motifs is 1. The fourth-order valence-electron chi connectivity index (χ4n) is 2.86. The van der Waals surface area contributed by atoms with Crippen molar-refractivity contribution >= 4 is 56.5 Å². The van der Waals surface area contributed by atoms with Crippen molar-refractivity contribution in [3.05, 3.63) is 45.2 Å². The van der Waals surface area contributed by atoms with Gasteiger partial charge in [-0.15, -0.1) is 11.3 Å². The van der Waals surface area contributed by atoms with Crippen molar-refractivity contribution in [2.24, 2.45) is 0 Å². The minimum Gasteiger partial charge on any atom is -0.465 e. The first-order valence-electron chi connectivity index (χ1n) is 7.96. The van der Waals surface area contributed by atoms with E-state index in [2.05, 4.69) is 15.3 Å². The van der Waals surface area contributed by atoms with Crippen molar-refractivity contribution in [1.29, 1.82) is 0 Å². The van der Waals surface area contributed by atoms with E-state index in [1.807, 2.05) is 0 Å². The van der Waals surface area contributed by atoms with Crippen LogP contribution in [0.2, 0.25) is 4.47 Å². The number of rotatable bonds is 5. The first-order valence-corrected chi connectivity index (χ1v) is 9.16. The molecule has 2 N–H and O–H groups in total. The Morgan fingerprint density at radius 1 is 1.33 bits per heavy atom. The highest BCUT2D eigenvalue weighted by atomic mass is 35.5. The van der Waals surface area contributed by atoms with Crippen LogP contribution in [0, 0.1) is 6.92 Å². The summed E-state index contributed by atoms with van der Waals surface area (Å²) in [6.07, 6.45) is -0.111. The number of aromatic nitrogens is 2. The number of amides is 1. The van der Waals surface area contributed by atoms with Gasteiger partial charge in [0.25, 0.3) is 0 Å². The van der Waals surface area contributed by atoms with Crippen molar-refractivity contribution in [1.82, 2.24) is 9.97 Å². The topological polar surface area (TPSA) is 101 Å². The third-order valence-corrected chi connectivity index (χ3v) is 5.18. The van der Waals surface area contributed by atoms with E-state index in [1.54, 1.807) is 25.1 Å². The van der Waals surface area contributed by atoms with E-state index in [-0.39, 0.29) is 23.7 Å². The molecule has 3 rings (SSSR count). The molecule has 140 valence electrons. The second kappa shape index (κ2) is 7.50. The minimum atomic E-state index is -0.597. The predicted octanol–water partition coefficient (Wildman–Crippen LogP) is 3.76. The fourth-order valence-corrected chi connectivity index (χ4v) is 3.93. The number of hydrogen-bond donors (Lipinski definition) is 2. The van der Waals surface area contributed by atoms with E-state index >= 15 is 0 Å². The number of methoxy groups -OCH3 is 1. The summed E-state index contributed by atoms with van der Waals surface area (Å²) in [7, 11) is 1.25. The van der Waals surface area contributed by atoms with Crippen LogP contribution in [0.3, 0.4) is 0 Å². The van der Waals surface area contributed by atoms with Gasteiger partial charge in [0.1, 0.15) is 0 Å². The van der Waals surface area contributed by atoms with Crippen LogP contribution in [-0.4, -0.2) is 34.7 Å². The highest BCUT2D eigenvalue weighted by Crippen LogP contribution is 2.28. The van der Waals surface area contributed by atoms with E-state index in [4.69, 9.17) is 16.3 Å². The third-order valence-electron chi connectivity index (χ3n) is 4.05. The Balaban J connectivity index is 1.85. The number of nitrogens with zero attached hydrogens (tertiary/aromatic N) is 1. The second-order valence-corrected chi connectivity index (χ2v) is 7.51. The molecule has 0 saturated carbocycles. The number of Topliss-reactive ketones (excluding diaryl/α,β-unsaturated/α-hetero) is 1. The van der Waals surface area contributed by atoms with Crippen LogP contribution in [0.1, 0.15) is 39.0 Å². The molecule has 0 spiro atoms. The minimum absolute atomic E-state index is 0.111. The van der Waals surface area contributed by atoms with Gasteiger partial charge in [0, 0.05) is 18.3 Å². The number of H-pyrrole nitrogens is 1. The summed E-state index contributed by atoms with van der Waals surface area (Å²) >= 11 is 7.21. The number of carbonyl (C=O) groups is 3. The van der Waals surface area contributed by atoms with Crippen molar-refractivity contribution < 1.29 is 19.1 Å². The Kier molecular flexibility index (Phi) is 5.29. The van der Waals surface area contributed by atoms with Crippen LogP contribution in [0.5, 0.6) is 0 Å². The van der Waals surface area contributed by atoms with Gasteiger partial charge in [-0.1, -0.05) is 11.6 Å². The van der Waals surface area contributed by atoms with Gasteiger partial charge in [0.05, 0.1) is 35.0 Å². The quantitative estimate of drug-likeness (QED) is 0.497. The molecule has 0 aliphatic rings. The Hall–Kier alpha value is -2.71. The lowest BCUT2D eigenvalue weighted by Crippen LogP contribution is -2.17. The third kappa shape index (κ3) is 3.86. The molecule has 0 atom stereocenters. The van der Waals surface area contributed by atoms with Gasteiger partial charge in [0.2, 0.25) is 5.91 Å². The maximum Gasteiger partial charge on any atom is 0.339 e. The number of ether oxygens (including phenoxy) is 1. The van der Waals surface area contributed by atoms with Gasteiger partial charge in [-0.3, -0.25) is 9.59 Å². The Morgan fingerprint density at radius 3 is 2.74 bits per heavy atom. The second-order valence-electron chi connectivity index (χ2n) is 5.90. The number of benzene rings is 1. The molecule has 2 aromatic heterocycles. The lowest BCUT2D eigenvalue weighted by atomic mass is 10.1. The molecular weight excluding hydrogens is 390 g/mol. The monoisotopic (exact) mass is 405 g/mol. The number of ketones is 1. The lowest BCUT2D eigenvalue weighted by Gasteiger charge is -2.06. The zero-order valence-electron chi connectivity index (χ0n) is 14.8. The van der Waals surface area contributed by atoms with Crippen LogP contribution >= 0.6 is 22.9 Å². The molecule has 7 nitrogen and oxygen atoms in total. The number of esters is 1. The van der Waals surface area contributed by atoms with Crippen LogP contribution in [-0.2, 0) is 16.0 Å². The maximum absolute atomic E-state index is 12.5. The standard InChI is InChI=1S/C18H16ClN3O4S/c1-8-15(17(25)26-3)12(21-16(8)9(2)23)7-14(24)20-10-4-5-11-13(6-10)27-18(19)22-11/h4-6,21H,7H2,1-3H3,(H,20,24). The van der Waals surface area contributed by atoms with E-state index in [9.17, 15) is 14.4 Å². The largest absolute Gasteiger partial charge is 0.465 e. The summed E-state index contributed by atoms with van der Waals surface area (Å²) in [5.41, 5.74) is 2.65. The molecule has 0 bridgehead atoms. The van der Waals surface area contributed by atoms with Gasteiger partial charge in [-0.25, -0.2) is 9.78 Å². The summed E-state index contributed by atoms with van der Waals surface area (Å²) < 4.78 is 6.06. The van der Waals surface area contributed by atoms with Crippen molar-refractivity contribution in [2.75, 3.05) is 12.4 Å². The number of aromatic amines is 1. The normalized spacial score (nSPS) is 10.8. The molecule has 0 unspecified atom stereocenters. The highest BCUT2D eigenvalue weighted by Gasteiger charge is 2.24. The zero-order chi connectivity index (χ0) is 19.7. The summed E-state index contributed by atoms with van der Waals surface area (Å²) in [5, 5.41) is 2.77. The number of carbonyl (C=O) groups excluding carboxylic acids is 3. The van der Waals surface area contributed by atoms with Crippen molar-refractivity contribution in [2.45, 2.75) is 20.3 Å². The number of thiazole rings is 1. The summed E-state index contributed by atoms with van der Waals surface area (Å²) in [5.74, 6) is -1.16. The Bertz CT molecular complexity index is 1070. The Morgan fingerprint density at radius 2 is 2.07 bits per heavy atom. The van der Waals surface area contributed by atoms with Gasteiger partial charge in [-0.05, 0) is 30.7 Å². The molecule has 9 heteroatoms. The molecular formula is C18H16ClN3O4S. The SMILES string of the molecule is COC(=O)c1c(CC(=O)Nc2ccc3nc(Cl)sc3c2)[nH]c(C(C)=O)c1C.